The summed E-state index contributed by atoms with van der Waals surface area (Å²) in [7, 11) is 0. The zero-order chi connectivity index (χ0) is 12.8. The molecule has 0 N–H and O–H groups in total. The largest absolute Gasteiger partial charge is 0.370 e. The summed E-state index contributed by atoms with van der Waals surface area (Å²) >= 11 is 6.39. The van der Waals surface area contributed by atoms with E-state index in [1.165, 1.54) is 24.8 Å². The third-order valence-corrected chi connectivity index (χ3v) is 4.00. The van der Waals surface area contributed by atoms with E-state index in [2.05, 4.69) is 31.2 Å². The number of alkyl halides is 1. The van der Waals surface area contributed by atoms with Crippen molar-refractivity contribution in [2.75, 3.05) is 0 Å². The van der Waals surface area contributed by atoms with Crippen molar-refractivity contribution in [1.82, 2.24) is 0 Å². The first-order valence-corrected chi connectivity index (χ1v) is 7.57. The predicted octanol–water partition coefficient (Wildman–Crippen LogP) is 5.09. The number of benzene rings is 1. The van der Waals surface area contributed by atoms with Crippen LogP contribution in [-0.4, -0.2) is 11.5 Å². The molecule has 0 bridgehead atoms. The molecule has 1 aromatic rings. The Morgan fingerprint density at radius 1 is 1.17 bits per heavy atom. The zero-order valence-corrected chi connectivity index (χ0v) is 11.9. The Morgan fingerprint density at radius 2 is 1.94 bits per heavy atom. The van der Waals surface area contributed by atoms with E-state index in [1.807, 2.05) is 6.07 Å². The van der Waals surface area contributed by atoms with Crippen LogP contribution in [0.15, 0.2) is 30.3 Å². The van der Waals surface area contributed by atoms with Gasteiger partial charge in [-0.2, -0.15) is 0 Å². The molecule has 0 aliphatic carbocycles. The Hall–Kier alpha value is -0.530. The van der Waals surface area contributed by atoms with Crippen LogP contribution in [0.1, 0.15) is 57.1 Å². The predicted molar refractivity (Wildman–Crippen MR) is 77.1 cm³/mol. The summed E-state index contributed by atoms with van der Waals surface area (Å²) in [5.74, 6) is 0. The minimum absolute atomic E-state index is 0.189. The molecular formula is C16H23ClO. The Morgan fingerprint density at radius 3 is 2.67 bits per heavy atom. The number of hydrogen-bond acceptors (Lipinski definition) is 1. The van der Waals surface area contributed by atoms with Crippen molar-refractivity contribution in [1.29, 1.82) is 0 Å². The highest BCUT2D eigenvalue weighted by Crippen LogP contribution is 2.35. The van der Waals surface area contributed by atoms with Crippen molar-refractivity contribution in [3.05, 3.63) is 35.9 Å². The smallest absolute Gasteiger partial charge is 0.0842 e. The second-order valence-electron chi connectivity index (χ2n) is 5.22. The molecule has 1 fully saturated rings. The van der Waals surface area contributed by atoms with Gasteiger partial charge in [0, 0.05) is 5.38 Å². The highest BCUT2D eigenvalue weighted by atomic mass is 35.5. The van der Waals surface area contributed by atoms with Crippen LogP contribution < -0.4 is 0 Å². The molecule has 1 aliphatic rings. The van der Waals surface area contributed by atoms with Gasteiger partial charge in [0.25, 0.3) is 0 Å². The third kappa shape index (κ3) is 4.00. The molecule has 100 valence electrons. The van der Waals surface area contributed by atoms with E-state index in [4.69, 9.17) is 16.3 Å². The second kappa shape index (κ2) is 7.16. The first-order chi connectivity index (χ1) is 8.79. The number of hydrogen-bond donors (Lipinski definition) is 0. The van der Waals surface area contributed by atoms with Crippen LogP contribution in [0.25, 0.3) is 0 Å². The summed E-state index contributed by atoms with van der Waals surface area (Å²) in [5, 5.41) is 0.260. The lowest BCUT2D eigenvalue weighted by Crippen LogP contribution is -2.28. The summed E-state index contributed by atoms with van der Waals surface area (Å²) in [6.07, 6.45) is 7.45. The highest BCUT2D eigenvalue weighted by molar-refractivity contribution is 6.20. The van der Waals surface area contributed by atoms with Crippen LogP contribution in [0.2, 0.25) is 0 Å². The van der Waals surface area contributed by atoms with Gasteiger partial charge in [0.05, 0.1) is 12.2 Å². The molecule has 1 aromatic carbocycles. The van der Waals surface area contributed by atoms with Crippen LogP contribution in [0.5, 0.6) is 0 Å². The SMILES string of the molecule is CCCCC[C@@H]1C[C@H](Cl)C[C@H](c2ccccc2)O1. The van der Waals surface area contributed by atoms with E-state index in [-0.39, 0.29) is 11.5 Å². The molecule has 18 heavy (non-hydrogen) atoms. The molecule has 1 aliphatic heterocycles. The summed E-state index contributed by atoms with van der Waals surface area (Å²) in [5.41, 5.74) is 1.27. The van der Waals surface area contributed by atoms with E-state index in [0.717, 1.165) is 19.3 Å². The van der Waals surface area contributed by atoms with Gasteiger partial charge in [-0.05, 0) is 24.8 Å². The number of ether oxygens (including phenoxy) is 1. The minimum atomic E-state index is 0.189. The Bertz CT molecular complexity index is 338. The normalized spacial score (nSPS) is 28.2. The number of halogens is 1. The fourth-order valence-electron chi connectivity index (χ4n) is 2.65. The maximum Gasteiger partial charge on any atom is 0.0842 e. The minimum Gasteiger partial charge on any atom is -0.370 e. The molecule has 2 heteroatoms. The number of rotatable bonds is 5. The second-order valence-corrected chi connectivity index (χ2v) is 5.84. The molecule has 0 radical (unpaired) electrons. The average Bonchev–Trinajstić information content (AvgIpc) is 2.39. The van der Waals surface area contributed by atoms with Crippen molar-refractivity contribution in [2.45, 2.75) is 63.0 Å². The fraction of sp³-hybridized carbons (Fsp3) is 0.625. The van der Waals surface area contributed by atoms with Gasteiger partial charge in [0.15, 0.2) is 0 Å². The molecule has 0 saturated carbocycles. The van der Waals surface area contributed by atoms with Gasteiger partial charge in [-0.25, -0.2) is 0 Å². The van der Waals surface area contributed by atoms with Gasteiger partial charge in [0.1, 0.15) is 0 Å². The van der Waals surface area contributed by atoms with E-state index in [1.54, 1.807) is 0 Å². The maximum atomic E-state index is 6.39. The van der Waals surface area contributed by atoms with E-state index in [0.29, 0.717) is 6.10 Å². The standard InChI is InChI=1S/C16H23ClO/c1-2-3-5-10-15-11-14(17)12-16(18-15)13-8-6-4-7-9-13/h4,6-9,14-16H,2-3,5,10-12H2,1H3/t14-,15+,16+/m0/s1. The van der Waals surface area contributed by atoms with Crippen molar-refractivity contribution in [2.24, 2.45) is 0 Å². The van der Waals surface area contributed by atoms with Crippen LogP contribution in [-0.2, 0) is 4.74 Å². The molecule has 0 aromatic heterocycles. The van der Waals surface area contributed by atoms with E-state index >= 15 is 0 Å². The molecule has 0 spiro atoms. The van der Waals surface area contributed by atoms with Gasteiger partial charge in [-0.3, -0.25) is 0 Å². The van der Waals surface area contributed by atoms with E-state index < -0.39 is 0 Å². The Kier molecular flexibility index (Phi) is 5.52. The van der Waals surface area contributed by atoms with Gasteiger partial charge in [-0.1, -0.05) is 56.5 Å². The van der Waals surface area contributed by atoms with Crippen LogP contribution >= 0.6 is 11.6 Å². The lowest BCUT2D eigenvalue weighted by Gasteiger charge is -2.33. The van der Waals surface area contributed by atoms with Gasteiger partial charge in [-0.15, -0.1) is 11.6 Å². The molecule has 3 atom stereocenters. The van der Waals surface area contributed by atoms with Crippen LogP contribution in [0, 0.1) is 0 Å². The van der Waals surface area contributed by atoms with Gasteiger partial charge < -0.3 is 4.74 Å². The van der Waals surface area contributed by atoms with Crippen LogP contribution in [0.4, 0.5) is 0 Å². The lowest BCUT2D eigenvalue weighted by molar-refractivity contribution is -0.0539. The van der Waals surface area contributed by atoms with Crippen molar-refractivity contribution in [3.8, 4) is 0 Å². The zero-order valence-electron chi connectivity index (χ0n) is 11.1. The summed E-state index contributed by atoms with van der Waals surface area (Å²) in [6, 6.07) is 10.5. The monoisotopic (exact) mass is 266 g/mol. The summed E-state index contributed by atoms with van der Waals surface area (Å²) in [4.78, 5) is 0. The fourth-order valence-corrected chi connectivity index (χ4v) is 3.01. The number of unbranched alkanes of at least 4 members (excludes halogenated alkanes) is 2. The molecule has 0 unspecified atom stereocenters. The highest BCUT2D eigenvalue weighted by Gasteiger charge is 2.28. The topological polar surface area (TPSA) is 9.23 Å². The van der Waals surface area contributed by atoms with Crippen LogP contribution in [0.3, 0.4) is 0 Å². The Labute approximate surface area is 115 Å². The summed E-state index contributed by atoms with van der Waals surface area (Å²) in [6.45, 7) is 2.23. The molecule has 1 saturated heterocycles. The quantitative estimate of drug-likeness (QED) is 0.533. The first-order valence-electron chi connectivity index (χ1n) is 7.14. The molecule has 1 heterocycles. The molecule has 0 amide bonds. The van der Waals surface area contributed by atoms with Crippen molar-refractivity contribution < 1.29 is 4.74 Å². The first kappa shape index (κ1) is 13.9. The molecular weight excluding hydrogens is 244 g/mol. The van der Waals surface area contributed by atoms with Gasteiger partial charge >= 0.3 is 0 Å². The van der Waals surface area contributed by atoms with E-state index in [9.17, 15) is 0 Å². The maximum absolute atomic E-state index is 6.39. The lowest BCUT2D eigenvalue weighted by atomic mass is 9.95. The third-order valence-electron chi connectivity index (χ3n) is 3.65. The van der Waals surface area contributed by atoms with Crippen molar-refractivity contribution >= 4 is 11.6 Å². The Balaban J connectivity index is 1.92. The average molecular weight is 267 g/mol. The van der Waals surface area contributed by atoms with Gasteiger partial charge in [0.2, 0.25) is 0 Å². The summed E-state index contributed by atoms with van der Waals surface area (Å²) < 4.78 is 6.21. The molecule has 2 rings (SSSR count). The molecule has 1 nitrogen and oxygen atoms in total. The van der Waals surface area contributed by atoms with Crippen molar-refractivity contribution in [3.63, 3.8) is 0 Å².